The van der Waals surface area contributed by atoms with E-state index in [1.54, 1.807) is 12.4 Å². The molecule has 0 saturated carbocycles. The minimum absolute atomic E-state index is 0.0101. The zero-order valence-corrected chi connectivity index (χ0v) is 11.3. The molecule has 20 heavy (non-hydrogen) atoms. The van der Waals surface area contributed by atoms with Crippen LogP contribution < -0.4 is 9.64 Å². The molecule has 104 valence electrons. The van der Waals surface area contributed by atoms with Gasteiger partial charge in [-0.15, -0.1) is 0 Å². The van der Waals surface area contributed by atoms with Gasteiger partial charge in [-0.3, -0.25) is 4.98 Å². The van der Waals surface area contributed by atoms with Crippen LogP contribution in [0.2, 0.25) is 0 Å². The van der Waals surface area contributed by atoms with Crippen LogP contribution in [0.3, 0.4) is 0 Å². The smallest absolute Gasteiger partial charge is 0.138 e. The van der Waals surface area contributed by atoms with E-state index in [0.717, 1.165) is 24.3 Å². The Morgan fingerprint density at radius 3 is 2.80 bits per heavy atom. The summed E-state index contributed by atoms with van der Waals surface area (Å²) in [6.45, 7) is 1.71. The number of aliphatic hydroxyl groups is 1. The van der Waals surface area contributed by atoms with Crippen LogP contribution in [-0.4, -0.2) is 29.3 Å². The maximum Gasteiger partial charge on any atom is 0.138 e. The maximum atomic E-state index is 9.08. The number of pyridine rings is 1. The van der Waals surface area contributed by atoms with Crippen molar-refractivity contribution in [3.05, 3.63) is 54.4 Å². The highest BCUT2D eigenvalue weighted by molar-refractivity contribution is 5.49. The third-order valence-corrected chi connectivity index (χ3v) is 3.63. The quantitative estimate of drug-likeness (QED) is 0.905. The predicted molar refractivity (Wildman–Crippen MR) is 77.8 cm³/mol. The summed E-state index contributed by atoms with van der Waals surface area (Å²) in [6, 6.07) is 12.6. The monoisotopic (exact) mass is 270 g/mol. The molecular weight excluding hydrogens is 252 g/mol. The van der Waals surface area contributed by atoms with E-state index in [-0.39, 0.29) is 6.61 Å². The molecule has 4 nitrogen and oxygen atoms in total. The largest absolute Gasteiger partial charge is 0.490 e. The van der Waals surface area contributed by atoms with E-state index in [2.05, 4.69) is 34.1 Å². The molecule has 1 saturated heterocycles. The molecule has 1 atom stereocenters. The fraction of sp³-hybridized carbons (Fsp3) is 0.312. The fourth-order valence-electron chi connectivity index (χ4n) is 2.40. The number of aromatic nitrogens is 1. The molecule has 1 aromatic heterocycles. The molecule has 1 aliphatic heterocycles. The number of para-hydroxylation sites is 1. The number of hydrogen-bond donors (Lipinski definition) is 1. The van der Waals surface area contributed by atoms with Gasteiger partial charge in [-0.1, -0.05) is 18.2 Å². The molecule has 1 N–H and O–H groups in total. The first-order chi connectivity index (χ1) is 9.86. The zero-order valence-electron chi connectivity index (χ0n) is 11.3. The minimum Gasteiger partial charge on any atom is -0.490 e. The van der Waals surface area contributed by atoms with Gasteiger partial charge in [-0.25, -0.2) is 0 Å². The molecule has 0 spiro atoms. The van der Waals surface area contributed by atoms with Crippen LogP contribution in [0.4, 0.5) is 5.69 Å². The molecule has 1 fully saturated rings. The molecule has 0 aliphatic carbocycles. The predicted octanol–water partition coefficient (Wildman–Crippen LogP) is 2.23. The Morgan fingerprint density at radius 2 is 2.10 bits per heavy atom. The molecule has 0 amide bonds. The number of anilines is 1. The number of nitrogens with zero attached hydrogens (tertiary/aromatic N) is 2. The Morgan fingerprint density at radius 1 is 1.25 bits per heavy atom. The molecule has 2 aromatic rings. The second-order valence-corrected chi connectivity index (χ2v) is 4.97. The summed E-state index contributed by atoms with van der Waals surface area (Å²) >= 11 is 0. The molecule has 2 heterocycles. The van der Waals surface area contributed by atoms with Crippen molar-refractivity contribution in [3.8, 4) is 5.75 Å². The van der Waals surface area contributed by atoms with Gasteiger partial charge in [0.25, 0.3) is 0 Å². The van der Waals surface area contributed by atoms with Crippen LogP contribution in [0.1, 0.15) is 12.0 Å². The molecule has 3 rings (SSSR count). The molecule has 0 radical (unpaired) electrons. The third-order valence-electron chi connectivity index (χ3n) is 3.63. The topological polar surface area (TPSA) is 45.6 Å². The van der Waals surface area contributed by atoms with E-state index in [1.165, 1.54) is 5.69 Å². The number of benzene rings is 1. The molecule has 1 aromatic carbocycles. The molecule has 1 aliphatic rings. The van der Waals surface area contributed by atoms with Crippen LogP contribution in [0.5, 0.6) is 5.75 Å². The average molecular weight is 270 g/mol. The summed E-state index contributed by atoms with van der Waals surface area (Å²) in [6.07, 6.45) is 4.47. The Kier molecular flexibility index (Phi) is 3.83. The lowest BCUT2D eigenvalue weighted by Crippen LogP contribution is -2.51. The highest BCUT2D eigenvalue weighted by atomic mass is 16.5. The van der Waals surface area contributed by atoms with E-state index in [0.29, 0.717) is 12.6 Å². The van der Waals surface area contributed by atoms with Crippen molar-refractivity contribution in [1.29, 1.82) is 0 Å². The molecule has 4 heteroatoms. The van der Waals surface area contributed by atoms with Gasteiger partial charge in [0.15, 0.2) is 0 Å². The SMILES string of the molecule is OCc1cncc(OC[C@@H]2CCN2c2ccccc2)c1. The average Bonchev–Trinajstić information content (AvgIpc) is 2.48. The van der Waals surface area contributed by atoms with Crippen molar-refractivity contribution >= 4 is 5.69 Å². The van der Waals surface area contributed by atoms with Crippen molar-refractivity contribution in [2.75, 3.05) is 18.1 Å². The van der Waals surface area contributed by atoms with E-state index in [1.807, 2.05) is 12.1 Å². The van der Waals surface area contributed by atoms with Crippen molar-refractivity contribution in [3.63, 3.8) is 0 Å². The first-order valence-corrected chi connectivity index (χ1v) is 6.86. The highest BCUT2D eigenvalue weighted by Crippen LogP contribution is 2.26. The van der Waals surface area contributed by atoms with Gasteiger partial charge >= 0.3 is 0 Å². The summed E-state index contributed by atoms with van der Waals surface area (Å²) in [5.41, 5.74) is 2.02. The lowest BCUT2D eigenvalue weighted by atomic mass is 10.0. The first kappa shape index (κ1) is 12.9. The number of rotatable bonds is 5. The lowest BCUT2D eigenvalue weighted by Gasteiger charge is -2.42. The summed E-state index contributed by atoms with van der Waals surface area (Å²) in [5, 5.41) is 9.08. The summed E-state index contributed by atoms with van der Waals surface area (Å²) in [7, 11) is 0. The fourth-order valence-corrected chi connectivity index (χ4v) is 2.40. The Bertz CT molecular complexity index is 559. The van der Waals surface area contributed by atoms with Crippen molar-refractivity contribution < 1.29 is 9.84 Å². The van der Waals surface area contributed by atoms with Crippen molar-refractivity contribution in [2.45, 2.75) is 19.1 Å². The molecular formula is C16H18N2O2. The highest BCUT2D eigenvalue weighted by Gasteiger charge is 2.28. The van der Waals surface area contributed by atoms with Crippen molar-refractivity contribution in [1.82, 2.24) is 4.98 Å². The molecule has 0 bridgehead atoms. The van der Waals surface area contributed by atoms with Crippen LogP contribution >= 0.6 is 0 Å². The summed E-state index contributed by atoms with van der Waals surface area (Å²) in [4.78, 5) is 6.41. The summed E-state index contributed by atoms with van der Waals surface area (Å²) in [5.74, 6) is 0.719. The number of hydrogen-bond acceptors (Lipinski definition) is 4. The normalized spacial score (nSPS) is 17.6. The van der Waals surface area contributed by atoms with Crippen molar-refractivity contribution in [2.24, 2.45) is 0 Å². The third kappa shape index (κ3) is 2.75. The van der Waals surface area contributed by atoms with Crippen LogP contribution in [0.15, 0.2) is 48.8 Å². The Hall–Kier alpha value is -2.07. The Balaban J connectivity index is 1.59. The van der Waals surface area contributed by atoms with E-state index >= 15 is 0 Å². The number of aliphatic hydroxyl groups excluding tert-OH is 1. The van der Waals surface area contributed by atoms with Crippen LogP contribution in [0.25, 0.3) is 0 Å². The Labute approximate surface area is 118 Å². The second kappa shape index (κ2) is 5.92. The lowest BCUT2D eigenvalue weighted by molar-refractivity contribution is 0.244. The number of ether oxygens (including phenoxy) is 1. The van der Waals surface area contributed by atoms with Crippen LogP contribution in [-0.2, 0) is 6.61 Å². The summed E-state index contributed by atoms with van der Waals surface area (Å²) < 4.78 is 5.79. The van der Waals surface area contributed by atoms with Gasteiger partial charge in [-0.05, 0) is 30.2 Å². The van der Waals surface area contributed by atoms with Gasteiger partial charge in [-0.2, -0.15) is 0 Å². The van der Waals surface area contributed by atoms with Crippen LogP contribution in [0, 0.1) is 0 Å². The van der Waals surface area contributed by atoms with Gasteiger partial charge in [0.2, 0.25) is 0 Å². The van der Waals surface area contributed by atoms with Gasteiger partial charge in [0.05, 0.1) is 18.8 Å². The standard InChI is InChI=1S/C16H18N2O2/c19-11-13-8-16(10-17-9-13)20-12-15-6-7-18(15)14-4-2-1-3-5-14/h1-5,8-10,15,19H,6-7,11-12H2/t15-/m0/s1. The van der Waals surface area contributed by atoms with Gasteiger partial charge < -0.3 is 14.7 Å². The zero-order chi connectivity index (χ0) is 13.8. The van der Waals surface area contributed by atoms with E-state index in [9.17, 15) is 0 Å². The second-order valence-electron chi connectivity index (χ2n) is 4.97. The molecule has 0 unspecified atom stereocenters. The maximum absolute atomic E-state index is 9.08. The van der Waals surface area contributed by atoms with E-state index in [4.69, 9.17) is 9.84 Å². The van der Waals surface area contributed by atoms with E-state index < -0.39 is 0 Å². The minimum atomic E-state index is -0.0101. The van der Waals surface area contributed by atoms with Gasteiger partial charge in [0, 0.05) is 18.4 Å². The first-order valence-electron chi connectivity index (χ1n) is 6.86. The van der Waals surface area contributed by atoms with Gasteiger partial charge in [0.1, 0.15) is 12.4 Å².